The highest BCUT2D eigenvalue weighted by atomic mass is 19.1. The van der Waals surface area contributed by atoms with Gasteiger partial charge in [-0.05, 0) is 45.0 Å². The topological polar surface area (TPSA) is 88.5 Å². The predicted molar refractivity (Wildman–Crippen MR) is 123 cm³/mol. The van der Waals surface area contributed by atoms with Crippen molar-refractivity contribution in [1.82, 2.24) is 15.1 Å². The smallest absolute Gasteiger partial charge is 0.407 e. The summed E-state index contributed by atoms with van der Waals surface area (Å²) in [5.74, 6) is -0.126. The molecular formula is C24H26FN5O3. The van der Waals surface area contributed by atoms with Crippen LogP contribution in [0.5, 0.6) is 0 Å². The van der Waals surface area contributed by atoms with Gasteiger partial charge in [-0.3, -0.25) is 9.48 Å². The second-order valence-electron chi connectivity index (χ2n) is 8.84. The van der Waals surface area contributed by atoms with Crippen molar-refractivity contribution >= 4 is 29.2 Å². The lowest BCUT2D eigenvalue weighted by Crippen LogP contribution is -2.32. The number of nitrogens with zero attached hydrogens (tertiary/aromatic N) is 3. The number of hydrogen-bond donors (Lipinski definition) is 2. The summed E-state index contributed by atoms with van der Waals surface area (Å²) >= 11 is 0. The molecule has 1 aromatic heterocycles. The summed E-state index contributed by atoms with van der Waals surface area (Å²) in [7, 11) is 1.82. The number of halogens is 1. The molecule has 1 aliphatic rings. The molecule has 0 aliphatic carbocycles. The van der Waals surface area contributed by atoms with Crippen molar-refractivity contribution in [2.75, 3.05) is 10.2 Å². The van der Waals surface area contributed by atoms with Gasteiger partial charge in [0.1, 0.15) is 17.2 Å². The van der Waals surface area contributed by atoms with Crippen LogP contribution in [0.4, 0.5) is 26.4 Å². The van der Waals surface area contributed by atoms with E-state index < -0.39 is 17.5 Å². The number of carbonyl (C=O) groups excluding carboxylic acids is 2. The molecule has 2 amide bonds. The van der Waals surface area contributed by atoms with Crippen LogP contribution in [-0.4, -0.2) is 27.4 Å². The van der Waals surface area contributed by atoms with Crippen molar-refractivity contribution < 1.29 is 18.7 Å². The largest absolute Gasteiger partial charge is 0.444 e. The number of carbonyl (C=O) groups is 2. The Bertz CT molecular complexity index is 1220. The highest BCUT2D eigenvalue weighted by Gasteiger charge is 2.27. The molecule has 2 heterocycles. The summed E-state index contributed by atoms with van der Waals surface area (Å²) in [6.45, 7) is 5.48. The van der Waals surface area contributed by atoms with Gasteiger partial charge in [0.2, 0.25) is 0 Å². The molecule has 9 heteroatoms. The van der Waals surface area contributed by atoms with Gasteiger partial charge < -0.3 is 20.3 Å². The van der Waals surface area contributed by atoms with Crippen LogP contribution >= 0.6 is 0 Å². The quantitative estimate of drug-likeness (QED) is 0.613. The molecule has 172 valence electrons. The molecule has 0 fully saturated rings. The molecule has 4 rings (SSSR count). The number of nitrogens with one attached hydrogen (secondary N) is 2. The van der Waals surface area contributed by atoms with E-state index in [4.69, 9.17) is 4.74 Å². The fourth-order valence-corrected chi connectivity index (χ4v) is 3.60. The van der Waals surface area contributed by atoms with Crippen molar-refractivity contribution in [3.05, 3.63) is 71.2 Å². The maximum Gasteiger partial charge on any atom is 0.407 e. The molecule has 0 bridgehead atoms. The van der Waals surface area contributed by atoms with Crippen LogP contribution < -0.4 is 15.5 Å². The molecule has 1 aliphatic heterocycles. The van der Waals surface area contributed by atoms with E-state index in [0.29, 0.717) is 5.69 Å². The van der Waals surface area contributed by atoms with Gasteiger partial charge in [0, 0.05) is 30.3 Å². The molecule has 0 saturated carbocycles. The Morgan fingerprint density at radius 3 is 2.70 bits per heavy atom. The van der Waals surface area contributed by atoms with Crippen LogP contribution in [0, 0.1) is 5.82 Å². The van der Waals surface area contributed by atoms with E-state index in [1.165, 1.54) is 12.1 Å². The van der Waals surface area contributed by atoms with Gasteiger partial charge in [0.05, 0.1) is 24.1 Å². The number of fused-ring (bicyclic) bond motifs is 2. The number of benzene rings is 2. The van der Waals surface area contributed by atoms with Crippen molar-refractivity contribution in [3.63, 3.8) is 0 Å². The van der Waals surface area contributed by atoms with E-state index in [1.807, 2.05) is 31.3 Å². The third-order valence-corrected chi connectivity index (χ3v) is 5.16. The minimum absolute atomic E-state index is 0.0509. The van der Waals surface area contributed by atoms with E-state index in [-0.39, 0.29) is 30.1 Å². The number of para-hydroxylation sites is 2. The van der Waals surface area contributed by atoms with E-state index in [2.05, 4.69) is 15.7 Å². The first kappa shape index (κ1) is 22.3. The number of alkyl carbamates (subject to hydrolysis) is 1. The van der Waals surface area contributed by atoms with Crippen molar-refractivity contribution in [2.45, 2.75) is 39.5 Å². The van der Waals surface area contributed by atoms with E-state index in [1.54, 1.807) is 42.6 Å². The van der Waals surface area contributed by atoms with Crippen LogP contribution in [0.2, 0.25) is 0 Å². The zero-order chi connectivity index (χ0) is 23.8. The Balaban J connectivity index is 1.56. The second kappa shape index (κ2) is 8.57. The molecule has 0 spiro atoms. The molecule has 0 unspecified atom stereocenters. The van der Waals surface area contributed by atoms with Crippen LogP contribution in [-0.2, 0) is 24.9 Å². The Kier molecular flexibility index (Phi) is 5.80. The lowest BCUT2D eigenvalue weighted by atomic mass is 10.1. The molecular weight excluding hydrogens is 425 g/mol. The van der Waals surface area contributed by atoms with E-state index in [0.717, 1.165) is 17.1 Å². The highest BCUT2D eigenvalue weighted by molar-refractivity contribution is 6.08. The zero-order valence-corrected chi connectivity index (χ0v) is 19.0. The van der Waals surface area contributed by atoms with Crippen LogP contribution in [0.3, 0.4) is 0 Å². The lowest BCUT2D eigenvalue weighted by molar-refractivity contribution is 0.0523. The normalized spacial score (nSPS) is 12.8. The van der Waals surface area contributed by atoms with E-state index >= 15 is 0 Å². The van der Waals surface area contributed by atoms with Crippen molar-refractivity contribution in [2.24, 2.45) is 7.05 Å². The van der Waals surface area contributed by atoms with Crippen LogP contribution in [0.1, 0.15) is 42.3 Å². The molecule has 8 nitrogen and oxygen atoms in total. The summed E-state index contributed by atoms with van der Waals surface area (Å²) < 4.78 is 21.7. The van der Waals surface area contributed by atoms with Crippen molar-refractivity contribution in [1.29, 1.82) is 0 Å². The van der Waals surface area contributed by atoms with Gasteiger partial charge in [-0.15, -0.1) is 0 Å². The van der Waals surface area contributed by atoms with Gasteiger partial charge in [0.25, 0.3) is 5.91 Å². The second-order valence-corrected chi connectivity index (χ2v) is 8.84. The summed E-state index contributed by atoms with van der Waals surface area (Å²) in [5, 5.41) is 10.1. The van der Waals surface area contributed by atoms with Crippen LogP contribution in [0.15, 0.2) is 48.7 Å². The fraction of sp³-hybridized carbons (Fsp3) is 0.292. The number of aryl methyl sites for hydroxylation is 1. The average molecular weight is 452 g/mol. The maximum atomic E-state index is 14.8. The van der Waals surface area contributed by atoms with Gasteiger partial charge >= 0.3 is 6.09 Å². The Morgan fingerprint density at radius 1 is 1.21 bits per heavy atom. The molecule has 0 radical (unpaired) electrons. The molecule has 2 N–H and O–H groups in total. The Morgan fingerprint density at radius 2 is 1.97 bits per heavy atom. The number of aromatic nitrogens is 2. The zero-order valence-electron chi connectivity index (χ0n) is 19.0. The SMILES string of the molecule is Cn1ncc2c1Nc1ccccc1N(C(=O)c1ccc(CNC(=O)OC(C)(C)C)c(F)c1)C2. The first-order valence-corrected chi connectivity index (χ1v) is 10.6. The minimum Gasteiger partial charge on any atom is -0.444 e. The minimum atomic E-state index is -0.647. The number of ether oxygens (including phenoxy) is 1. The van der Waals surface area contributed by atoms with Crippen molar-refractivity contribution in [3.8, 4) is 0 Å². The molecule has 2 aromatic carbocycles. The van der Waals surface area contributed by atoms with Gasteiger partial charge in [-0.25, -0.2) is 9.18 Å². The Labute approximate surface area is 191 Å². The van der Waals surface area contributed by atoms with E-state index in [9.17, 15) is 14.0 Å². The highest BCUT2D eigenvalue weighted by Crippen LogP contribution is 2.36. The number of anilines is 3. The standard InChI is InChI=1S/C24H26FN5O3/c1-24(2,3)33-23(32)26-12-16-10-9-15(11-18(16)25)22(31)30-14-17-13-27-29(4)21(17)28-19-7-5-6-8-20(19)30/h5-11,13,28H,12,14H2,1-4H3,(H,26,32). The monoisotopic (exact) mass is 451 g/mol. The predicted octanol–water partition coefficient (Wildman–Crippen LogP) is 4.49. The summed E-state index contributed by atoms with van der Waals surface area (Å²) in [5.41, 5.74) is 2.11. The summed E-state index contributed by atoms with van der Waals surface area (Å²) in [6, 6.07) is 11.7. The fourth-order valence-electron chi connectivity index (χ4n) is 3.60. The molecule has 0 atom stereocenters. The lowest BCUT2D eigenvalue weighted by Gasteiger charge is -2.23. The van der Waals surface area contributed by atoms with Gasteiger partial charge in [-0.2, -0.15) is 5.10 Å². The molecule has 3 aromatic rings. The maximum absolute atomic E-state index is 14.8. The third kappa shape index (κ3) is 4.82. The van der Waals surface area contributed by atoms with Gasteiger partial charge in [-0.1, -0.05) is 18.2 Å². The van der Waals surface area contributed by atoms with Gasteiger partial charge in [0.15, 0.2) is 0 Å². The Hall–Kier alpha value is -3.88. The summed E-state index contributed by atoms with van der Waals surface area (Å²) in [4.78, 5) is 26.9. The van der Waals surface area contributed by atoms with Crippen LogP contribution in [0.25, 0.3) is 0 Å². The summed E-state index contributed by atoms with van der Waals surface area (Å²) in [6.07, 6.45) is 1.07. The number of amides is 2. The molecule has 0 saturated heterocycles. The molecule has 33 heavy (non-hydrogen) atoms. The first-order valence-electron chi connectivity index (χ1n) is 10.6. The number of rotatable bonds is 3. The average Bonchev–Trinajstić information content (AvgIpc) is 2.99. The third-order valence-electron chi connectivity index (χ3n) is 5.16. The first-order chi connectivity index (χ1) is 15.6. The number of hydrogen-bond acceptors (Lipinski definition) is 5.